The van der Waals surface area contributed by atoms with Crippen LogP contribution in [0.5, 0.6) is 0 Å². The molecule has 0 aliphatic heterocycles. The van der Waals surface area contributed by atoms with Crippen LogP contribution >= 0.6 is 0 Å². The van der Waals surface area contributed by atoms with Gasteiger partial charge in [-0.15, -0.1) is 0 Å². The summed E-state index contributed by atoms with van der Waals surface area (Å²) in [6.45, 7) is 2.19. The van der Waals surface area contributed by atoms with Gasteiger partial charge in [-0.05, 0) is 38.1 Å². The van der Waals surface area contributed by atoms with Crippen molar-refractivity contribution in [1.29, 1.82) is 0 Å². The molecule has 8 heteroatoms. The zero-order valence-electron chi connectivity index (χ0n) is 12.6. The number of nitrogens with one attached hydrogen (secondary N) is 1. The van der Waals surface area contributed by atoms with Crippen LogP contribution in [0.2, 0.25) is 0 Å². The van der Waals surface area contributed by atoms with E-state index in [0.717, 1.165) is 6.26 Å². The number of nitrogens with two attached hydrogens (primary N) is 1. The third-order valence-corrected chi connectivity index (χ3v) is 3.83. The van der Waals surface area contributed by atoms with Gasteiger partial charge < -0.3 is 15.8 Å². The van der Waals surface area contributed by atoms with Crippen molar-refractivity contribution in [1.82, 2.24) is 0 Å². The van der Waals surface area contributed by atoms with Crippen molar-refractivity contribution in [3.63, 3.8) is 0 Å². The summed E-state index contributed by atoms with van der Waals surface area (Å²) in [5.41, 5.74) is 5.63. The molecule has 0 bridgehead atoms. The molecule has 0 aromatic heterocycles. The molecule has 0 aliphatic carbocycles. The number of esters is 1. The van der Waals surface area contributed by atoms with Crippen molar-refractivity contribution >= 4 is 27.4 Å². The Morgan fingerprint density at radius 3 is 2.50 bits per heavy atom. The van der Waals surface area contributed by atoms with Crippen molar-refractivity contribution in [2.24, 2.45) is 5.73 Å². The van der Waals surface area contributed by atoms with E-state index in [9.17, 15) is 18.0 Å². The number of anilines is 1. The Morgan fingerprint density at radius 1 is 1.27 bits per heavy atom. The van der Waals surface area contributed by atoms with Crippen LogP contribution in [-0.4, -0.2) is 39.7 Å². The molecule has 0 heterocycles. The summed E-state index contributed by atoms with van der Waals surface area (Å²) in [5.74, 6) is -0.948. The minimum absolute atomic E-state index is 0.0628. The number of rotatable bonds is 7. The van der Waals surface area contributed by atoms with Crippen molar-refractivity contribution in [3.8, 4) is 0 Å². The highest BCUT2D eigenvalue weighted by molar-refractivity contribution is 7.90. The Hall–Kier alpha value is -1.93. The first-order chi connectivity index (χ1) is 10.3. The number of amides is 1. The number of sulfone groups is 1. The van der Waals surface area contributed by atoms with Crippen LogP contribution in [0, 0.1) is 0 Å². The number of ether oxygens (including phenoxy) is 1. The van der Waals surface area contributed by atoms with Gasteiger partial charge in [0, 0.05) is 18.4 Å². The molecule has 1 rings (SSSR count). The van der Waals surface area contributed by atoms with E-state index in [-0.39, 0.29) is 35.1 Å². The normalized spacial score (nSPS) is 11.0. The molecule has 1 amide bonds. The van der Waals surface area contributed by atoms with Gasteiger partial charge in [-0.25, -0.2) is 13.2 Å². The molecule has 122 valence electrons. The maximum atomic E-state index is 11.8. The fourth-order valence-electron chi connectivity index (χ4n) is 1.70. The van der Waals surface area contributed by atoms with Crippen LogP contribution in [0.1, 0.15) is 30.1 Å². The van der Waals surface area contributed by atoms with E-state index < -0.39 is 15.8 Å². The predicted octanol–water partition coefficient (Wildman–Crippen LogP) is 0.944. The van der Waals surface area contributed by atoms with E-state index >= 15 is 0 Å². The molecule has 0 fully saturated rings. The molecule has 22 heavy (non-hydrogen) atoms. The monoisotopic (exact) mass is 328 g/mol. The van der Waals surface area contributed by atoms with Crippen LogP contribution < -0.4 is 11.1 Å². The van der Waals surface area contributed by atoms with Gasteiger partial charge >= 0.3 is 5.97 Å². The summed E-state index contributed by atoms with van der Waals surface area (Å²) >= 11 is 0. The van der Waals surface area contributed by atoms with E-state index in [2.05, 4.69) is 5.32 Å². The van der Waals surface area contributed by atoms with E-state index in [4.69, 9.17) is 10.5 Å². The van der Waals surface area contributed by atoms with Gasteiger partial charge in [0.05, 0.1) is 17.1 Å². The Labute approximate surface area is 129 Å². The van der Waals surface area contributed by atoms with Crippen LogP contribution in [0.3, 0.4) is 0 Å². The number of carbonyl (C=O) groups is 2. The number of hydrogen-bond acceptors (Lipinski definition) is 6. The van der Waals surface area contributed by atoms with Crippen molar-refractivity contribution in [2.75, 3.05) is 24.7 Å². The minimum atomic E-state index is -3.53. The van der Waals surface area contributed by atoms with Crippen LogP contribution in [0.25, 0.3) is 0 Å². The summed E-state index contributed by atoms with van der Waals surface area (Å²) in [5, 5.41) is 2.56. The molecule has 0 unspecified atom stereocenters. The molecular formula is C14H20N2O5S. The predicted molar refractivity (Wildman–Crippen MR) is 82.4 cm³/mol. The van der Waals surface area contributed by atoms with Gasteiger partial charge in [0.2, 0.25) is 5.91 Å². The second kappa shape index (κ2) is 7.90. The molecule has 0 saturated carbocycles. The maximum absolute atomic E-state index is 11.8. The van der Waals surface area contributed by atoms with Gasteiger partial charge in [0.1, 0.15) is 0 Å². The molecule has 7 nitrogen and oxygen atoms in total. The van der Waals surface area contributed by atoms with E-state index in [1.165, 1.54) is 18.2 Å². The average molecular weight is 328 g/mol. The van der Waals surface area contributed by atoms with Gasteiger partial charge in [-0.2, -0.15) is 0 Å². The fraction of sp³-hybridized carbons (Fsp3) is 0.429. The first-order valence-electron chi connectivity index (χ1n) is 6.80. The number of hydrogen-bond donors (Lipinski definition) is 2. The second-order valence-corrected chi connectivity index (χ2v) is 6.69. The van der Waals surface area contributed by atoms with E-state index in [1.54, 1.807) is 6.92 Å². The highest BCUT2D eigenvalue weighted by atomic mass is 32.2. The van der Waals surface area contributed by atoms with Crippen molar-refractivity contribution in [2.45, 2.75) is 24.7 Å². The smallest absolute Gasteiger partial charge is 0.338 e. The van der Waals surface area contributed by atoms with Crippen molar-refractivity contribution in [3.05, 3.63) is 23.8 Å². The first-order valence-corrected chi connectivity index (χ1v) is 8.69. The summed E-state index contributed by atoms with van der Waals surface area (Å²) < 4.78 is 28.2. The van der Waals surface area contributed by atoms with E-state index in [0.29, 0.717) is 13.0 Å². The van der Waals surface area contributed by atoms with Gasteiger partial charge in [0.25, 0.3) is 0 Å². The lowest BCUT2D eigenvalue weighted by atomic mass is 10.2. The fourth-order valence-corrected chi connectivity index (χ4v) is 2.39. The standard InChI is InChI=1S/C14H20N2O5S/c1-3-21-14(18)10-7-11(16-13(17)5-4-6-15)9-12(8-10)22(2,19)20/h7-9H,3-6,15H2,1-2H3,(H,16,17). The second-order valence-electron chi connectivity index (χ2n) is 4.68. The Balaban J connectivity index is 3.13. The van der Waals surface area contributed by atoms with Gasteiger partial charge in [-0.3, -0.25) is 4.79 Å². The van der Waals surface area contributed by atoms with E-state index in [1.807, 2.05) is 0 Å². The number of carbonyl (C=O) groups excluding carboxylic acids is 2. The topological polar surface area (TPSA) is 116 Å². The Bertz CT molecular complexity index is 655. The molecule has 1 aromatic rings. The highest BCUT2D eigenvalue weighted by Crippen LogP contribution is 2.20. The van der Waals surface area contributed by atoms with Crippen molar-refractivity contribution < 1.29 is 22.7 Å². The third kappa shape index (κ3) is 5.45. The third-order valence-electron chi connectivity index (χ3n) is 2.74. The Morgan fingerprint density at radius 2 is 1.95 bits per heavy atom. The lowest BCUT2D eigenvalue weighted by Crippen LogP contribution is -2.15. The van der Waals surface area contributed by atoms with Gasteiger partial charge in [0.15, 0.2) is 9.84 Å². The van der Waals surface area contributed by atoms with Crippen LogP contribution in [0.15, 0.2) is 23.1 Å². The zero-order valence-corrected chi connectivity index (χ0v) is 13.4. The lowest BCUT2D eigenvalue weighted by molar-refractivity contribution is -0.116. The molecule has 1 aromatic carbocycles. The van der Waals surface area contributed by atoms with Crippen LogP contribution in [-0.2, 0) is 19.4 Å². The van der Waals surface area contributed by atoms with Gasteiger partial charge in [-0.1, -0.05) is 0 Å². The molecule has 0 spiro atoms. The molecule has 0 saturated heterocycles. The molecular weight excluding hydrogens is 308 g/mol. The minimum Gasteiger partial charge on any atom is -0.462 e. The van der Waals surface area contributed by atoms with Crippen LogP contribution in [0.4, 0.5) is 5.69 Å². The average Bonchev–Trinajstić information content (AvgIpc) is 2.44. The number of benzene rings is 1. The lowest BCUT2D eigenvalue weighted by Gasteiger charge is -2.10. The molecule has 0 radical (unpaired) electrons. The molecule has 3 N–H and O–H groups in total. The first kappa shape index (κ1) is 18.1. The summed E-state index contributed by atoms with van der Waals surface area (Å²) in [7, 11) is -3.53. The largest absolute Gasteiger partial charge is 0.462 e. The SMILES string of the molecule is CCOC(=O)c1cc(NC(=O)CCCN)cc(S(C)(=O)=O)c1. The highest BCUT2D eigenvalue weighted by Gasteiger charge is 2.16. The molecule has 0 aliphatic rings. The summed E-state index contributed by atoms with van der Waals surface area (Å²) in [4.78, 5) is 23.4. The maximum Gasteiger partial charge on any atom is 0.338 e. The zero-order chi connectivity index (χ0) is 16.8. The Kier molecular flexibility index (Phi) is 6.51. The summed E-state index contributed by atoms with van der Waals surface area (Å²) in [6, 6.07) is 3.91. The quantitative estimate of drug-likeness (QED) is 0.720. The summed E-state index contributed by atoms with van der Waals surface area (Å²) in [6.07, 6.45) is 1.76. The molecule has 0 atom stereocenters.